The van der Waals surface area contributed by atoms with E-state index < -0.39 is 10.0 Å². The second-order valence-corrected chi connectivity index (χ2v) is 8.93. The van der Waals surface area contributed by atoms with Gasteiger partial charge in [-0.2, -0.15) is 5.10 Å². The minimum absolute atomic E-state index is 0.329. The minimum atomic E-state index is -3.59. The van der Waals surface area contributed by atoms with Gasteiger partial charge in [-0.1, -0.05) is 6.07 Å². The standard InChI is InChI=1S/C19H25N3O3S/c23-26(24,19-6-5-16-3-1-2-4-17(16)11-19)21-18-12-20-22(14-18)13-15-7-9-25-10-8-15/h5-6,11-12,14-15,21H,1-4,7-10,13H2. The number of rotatable bonds is 5. The lowest BCUT2D eigenvalue weighted by atomic mass is 9.92. The van der Waals surface area contributed by atoms with E-state index in [-0.39, 0.29) is 0 Å². The van der Waals surface area contributed by atoms with E-state index in [1.54, 1.807) is 18.5 Å². The van der Waals surface area contributed by atoms with E-state index in [0.717, 1.165) is 57.4 Å². The fourth-order valence-electron chi connectivity index (χ4n) is 3.80. The maximum Gasteiger partial charge on any atom is 0.262 e. The number of aryl methyl sites for hydroxylation is 2. The van der Waals surface area contributed by atoms with Crippen molar-refractivity contribution in [1.29, 1.82) is 0 Å². The molecule has 1 N–H and O–H groups in total. The molecule has 1 fully saturated rings. The summed E-state index contributed by atoms with van der Waals surface area (Å²) < 4.78 is 35.3. The van der Waals surface area contributed by atoms with Gasteiger partial charge in [-0.25, -0.2) is 8.42 Å². The van der Waals surface area contributed by atoms with Gasteiger partial charge in [0.05, 0.1) is 16.8 Å². The molecule has 1 aliphatic heterocycles. The van der Waals surface area contributed by atoms with Crippen molar-refractivity contribution in [2.75, 3.05) is 17.9 Å². The molecule has 140 valence electrons. The van der Waals surface area contributed by atoms with Gasteiger partial charge in [-0.15, -0.1) is 0 Å². The third kappa shape index (κ3) is 3.94. The van der Waals surface area contributed by atoms with Gasteiger partial charge in [0.2, 0.25) is 0 Å². The van der Waals surface area contributed by atoms with Crippen LogP contribution >= 0.6 is 0 Å². The van der Waals surface area contributed by atoms with Gasteiger partial charge < -0.3 is 4.74 Å². The average molecular weight is 375 g/mol. The second-order valence-electron chi connectivity index (χ2n) is 7.25. The molecule has 0 atom stereocenters. The van der Waals surface area contributed by atoms with E-state index in [0.29, 0.717) is 16.5 Å². The molecule has 26 heavy (non-hydrogen) atoms. The zero-order valence-electron chi connectivity index (χ0n) is 14.9. The molecule has 0 bridgehead atoms. The lowest BCUT2D eigenvalue weighted by Crippen LogP contribution is -2.20. The molecule has 0 radical (unpaired) electrons. The molecule has 2 aliphatic rings. The number of aromatic nitrogens is 2. The molecule has 1 aromatic heterocycles. The number of benzene rings is 1. The van der Waals surface area contributed by atoms with Crippen LogP contribution in [0.15, 0.2) is 35.5 Å². The second kappa shape index (κ2) is 7.40. The Balaban J connectivity index is 1.46. The lowest BCUT2D eigenvalue weighted by Gasteiger charge is -2.21. The summed E-state index contributed by atoms with van der Waals surface area (Å²) in [5.74, 6) is 0.536. The first kappa shape index (κ1) is 17.5. The van der Waals surface area contributed by atoms with E-state index in [4.69, 9.17) is 4.74 Å². The molecule has 0 saturated carbocycles. The van der Waals surface area contributed by atoms with Crippen LogP contribution in [0.2, 0.25) is 0 Å². The van der Waals surface area contributed by atoms with E-state index in [1.165, 1.54) is 12.0 Å². The molecular weight excluding hydrogens is 350 g/mol. The summed E-state index contributed by atoms with van der Waals surface area (Å²) in [5, 5.41) is 4.31. The van der Waals surface area contributed by atoms with Gasteiger partial charge in [0.1, 0.15) is 0 Å². The highest BCUT2D eigenvalue weighted by molar-refractivity contribution is 7.92. The first-order valence-electron chi connectivity index (χ1n) is 9.35. The number of nitrogens with one attached hydrogen (secondary N) is 1. The minimum Gasteiger partial charge on any atom is -0.381 e. The highest BCUT2D eigenvalue weighted by Crippen LogP contribution is 2.25. The zero-order valence-corrected chi connectivity index (χ0v) is 15.7. The van der Waals surface area contributed by atoms with E-state index >= 15 is 0 Å². The number of sulfonamides is 1. The van der Waals surface area contributed by atoms with Crippen molar-refractivity contribution >= 4 is 15.7 Å². The first-order chi connectivity index (χ1) is 12.6. The van der Waals surface area contributed by atoms with Crippen LogP contribution in [0.4, 0.5) is 5.69 Å². The summed E-state index contributed by atoms with van der Waals surface area (Å²) in [6, 6.07) is 5.49. The van der Waals surface area contributed by atoms with Crippen LogP contribution in [0.3, 0.4) is 0 Å². The third-order valence-electron chi connectivity index (χ3n) is 5.30. The Labute approximate surface area is 154 Å². The Morgan fingerprint density at radius 3 is 2.73 bits per heavy atom. The maximum atomic E-state index is 12.7. The highest BCUT2D eigenvalue weighted by Gasteiger charge is 2.19. The van der Waals surface area contributed by atoms with Gasteiger partial charge in [-0.05, 0) is 67.7 Å². The number of hydrogen-bond acceptors (Lipinski definition) is 4. The molecule has 2 heterocycles. The number of ether oxygens (including phenoxy) is 1. The molecule has 4 rings (SSSR count). The summed E-state index contributed by atoms with van der Waals surface area (Å²) in [6.45, 7) is 2.39. The molecule has 0 amide bonds. The number of fused-ring (bicyclic) bond motifs is 1. The summed E-state index contributed by atoms with van der Waals surface area (Å²) in [6.07, 6.45) is 9.71. The van der Waals surface area contributed by atoms with Crippen LogP contribution in [0.1, 0.15) is 36.8 Å². The molecule has 1 aromatic carbocycles. The first-order valence-corrected chi connectivity index (χ1v) is 10.8. The van der Waals surface area contributed by atoms with Gasteiger partial charge in [0, 0.05) is 26.0 Å². The molecule has 6 nitrogen and oxygen atoms in total. The van der Waals surface area contributed by atoms with E-state index in [9.17, 15) is 8.42 Å². The maximum absolute atomic E-state index is 12.7. The number of hydrogen-bond donors (Lipinski definition) is 1. The Hall–Kier alpha value is -1.86. The Morgan fingerprint density at radius 2 is 1.92 bits per heavy atom. The van der Waals surface area contributed by atoms with Gasteiger partial charge in [-0.3, -0.25) is 9.40 Å². The summed E-state index contributed by atoms with van der Waals surface area (Å²) >= 11 is 0. The smallest absolute Gasteiger partial charge is 0.262 e. The van der Waals surface area contributed by atoms with Crippen LogP contribution in [0.5, 0.6) is 0 Å². The molecule has 2 aromatic rings. The normalized spacial score (nSPS) is 18.5. The summed E-state index contributed by atoms with van der Waals surface area (Å²) in [4.78, 5) is 0.329. The van der Waals surface area contributed by atoms with Crippen LogP contribution in [0, 0.1) is 5.92 Å². The molecule has 0 unspecified atom stereocenters. The highest BCUT2D eigenvalue weighted by atomic mass is 32.2. The monoisotopic (exact) mass is 375 g/mol. The van der Waals surface area contributed by atoms with Crippen LogP contribution in [-0.4, -0.2) is 31.4 Å². The van der Waals surface area contributed by atoms with Gasteiger partial charge >= 0.3 is 0 Å². The van der Waals surface area contributed by atoms with Crippen LogP contribution in [0.25, 0.3) is 0 Å². The van der Waals surface area contributed by atoms with Crippen LogP contribution in [-0.2, 0) is 34.1 Å². The summed E-state index contributed by atoms with van der Waals surface area (Å²) in [5.41, 5.74) is 2.95. The average Bonchev–Trinajstić information content (AvgIpc) is 3.08. The fraction of sp³-hybridized carbons (Fsp3) is 0.526. The van der Waals surface area contributed by atoms with Crippen molar-refractivity contribution < 1.29 is 13.2 Å². The van der Waals surface area contributed by atoms with Crippen molar-refractivity contribution in [1.82, 2.24) is 9.78 Å². The quantitative estimate of drug-likeness (QED) is 0.872. The Kier molecular flexibility index (Phi) is 5.00. The summed E-state index contributed by atoms with van der Waals surface area (Å²) in [7, 11) is -3.59. The van der Waals surface area contributed by atoms with E-state index in [2.05, 4.69) is 9.82 Å². The Bertz CT molecular complexity index is 870. The van der Waals surface area contributed by atoms with Gasteiger partial charge in [0.25, 0.3) is 10.0 Å². The van der Waals surface area contributed by atoms with Crippen molar-refractivity contribution in [3.8, 4) is 0 Å². The van der Waals surface area contributed by atoms with Gasteiger partial charge in [0.15, 0.2) is 0 Å². The van der Waals surface area contributed by atoms with Crippen molar-refractivity contribution in [3.05, 3.63) is 41.7 Å². The molecule has 0 spiro atoms. The number of nitrogens with zero attached hydrogens (tertiary/aromatic N) is 2. The number of anilines is 1. The van der Waals surface area contributed by atoms with Crippen molar-refractivity contribution in [3.63, 3.8) is 0 Å². The zero-order chi connectivity index (χ0) is 18.0. The molecular formula is C19H25N3O3S. The molecule has 1 aliphatic carbocycles. The SMILES string of the molecule is O=S(=O)(Nc1cnn(CC2CCOCC2)c1)c1ccc2c(c1)CCCC2. The predicted octanol–water partition coefficient (Wildman–Crippen LogP) is 2.99. The third-order valence-corrected chi connectivity index (χ3v) is 6.68. The Morgan fingerprint density at radius 1 is 1.15 bits per heavy atom. The van der Waals surface area contributed by atoms with E-state index in [1.807, 2.05) is 16.8 Å². The predicted molar refractivity (Wildman–Crippen MR) is 99.7 cm³/mol. The topological polar surface area (TPSA) is 73.2 Å². The van der Waals surface area contributed by atoms with Crippen LogP contribution < -0.4 is 4.72 Å². The molecule has 1 saturated heterocycles. The lowest BCUT2D eigenvalue weighted by molar-refractivity contribution is 0.0601. The molecule has 7 heteroatoms. The fourth-order valence-corrected chi connectivity index (χ4v) is 4.88. The van der Waals surface area contributed by atoms with Crippen molar-refractivity contribution in [2.45, 2.75) is 50.0 Å². The van der Waals surface area contributed by atoms with Crippen molar-refractivity contribution in [2.24, 2.45) is 5.92 Å². The largest absolute Gasteiger partial charge is 0.381 e.